The Morgan fingerprint density at radius 2 is 1.85 bits per heavy atom. The van der Waals surface area contributed by atoms with Crippen molar-refractivity contribution < 1.29 is 32.2 Å². The van der Waals surface area contributed by atoms with Gasteiger partial charge in [-0.25, -0.2) is 0 Å². The van der Waals surface area contributed by atoms with Gasteiger partial charge in [0.1, 0.15) is 0 Å². The van der Waals surface area contributed by atoms with E-state index in [0.717, 1.165) is 18.9 Å². The normalized spacial score (nSPS) is 30.3. The Hall–Kier alpha value is -0.933. The van der Waals surface area contributed by atoms with E-state index in [2.05, 4.69) is 33.9 Å². The molecule has 2 aliphatic carbocycles. The van der Waals surface area contributed by atoms with Gasteiger partial charge in [0, 0.05) is 12.3 Å². The molecule has 3 aliphatic rings. The lowest BCUT2D eigenvalue weighted by molar-refractivity contribution is -0.275. The maximum absolute atomic E-state index is 13.4. The molecule has 5 atom stereocenters. The van der Waals surface area contributed by atoms with Crippen LogP contribution in [0, 0.1) is 17.8 Å². The quantitative estimate of drug-likeness (QED) is 0.479. The number of fused-ring (bicyclic) bond motifs is 2. The first-order valence-electron chi connectivity index (χ1n) is 12.0. The number of rotatable bonds is 6. The van der Waals surface area contributed by atoms with E-state index in [1.54, 1.807) is 6.07 Å². The van der Waals surface area contributed by atoms with Crippen LogP contribution in [0.4, 0.5) is 13.2 Å². The van der Waals surface area contributed by atoms with Crippen LogP contribution in [0.1, 0.15) is 63.7 Å². The third-order valence-corrected chi connectivity index (χ3v) is 13.0. The number of halogens is 3. The first-order valence-corrected chi connectivity index (χ1v) is 15.0. The Kier molecular flexibility index (Phi) is 6.58. The summed E-state index contributed by atoms with van der Waals surface area (Å²) in [6.45, 7) is 11.8. The highest BCUT2D eigenvalue weighted by molar-refractivity contribution is 6.74. The summed E-state index contributed by atoms with van der Waals surface area (Å²) in [5.74, 6) is -0.0587. The summed E-state index contributed by atoms with van der Waals surface area (Å²) in [6, 6.07) is 5.52. The second-order valence-electron chi connectivity index (χ2n) is 11.5. The minimum atomic E-state index is -4.39. The van der Waals surface area contributed by atoms with Gasteiger partial charge < -0.3 is 19.0 Å². The zero-order valence-corrected chi connectivity index (χ0v) is 21.2. The van der Waals surface area contributed by atoms with Crippen molar-refractivity contribution >= 4 is 8.32 Å². The van der Waals surface area contributed by atoms with Crippen molar-refractivity contribution in [3.63, 3.8) is 0 Å². The van der Waals surface area contributed by atoms with Gasteiger partial charge in [0.25, 0.3) is 0 Å². The lowest BCUT2D eigenvalue weighted by atomic mass is 9.69. The number of hydrogen-bond donors (Lipinski definition) is 1. The Balaban J connectivity index is 1.51. The van der Waals surface area contributed by atoms with Crippen molar-refractivity contribution in [3.05, 3.63) is 35.4 Å². The second-order valence-corrected chi connectivity index (χ2v) is 16.3. The van der Waals surface area contributed by atoms with Gasteiger partial charge in [-0.15, -0.1) is 0 Å². The molecule has 1 heterocycles. The molecule has 0 aromatic heterocycles. The van der Waals surface area contributed by atoms with Crippen LogP contribution in [0.25, 0.3) is 0 Å². The Bertz CT molecular complexity index is 845. The molecule has 1 N–H and O–H groups in total. The summed E-state index contributed by atoms with van der Waals surface area (Å²) in [4.78, 5) is 0. The fourth-order valence-corrected chi connectivity index (χ4v) is 6.83. The molecule has 1 aliphatic heterocycles. The average Bonchev–Trinajstić information content (AvgIpc) is 3.29. The maximum atomic E-state index is 13.4. The smallest absolute Gasteiger partial charge is 0.410 e. The molecule has 1 saturated heterocycles. The van der Waals surface area contributed by atoms with Gasteiger partial charge in [0.15, 0.2) is 14.1 Å². The van der Waals surface area contributed by atoms with Crippen molar-refractivity contribution in [1.82, 2.24) is 0 Å². The van der Waals surface area contributed by atoms with Crippen LogP contribution < -0.4 is 0 Å². The predicted octanol–water partition coefficient (Wildman–Crippen LogP) is 6.31. The summed E-state index contributed by atoms with van der Waals surface area (Å²) in [5, 5.41) is 10.9. The van der Waals surface area contributed by atoms with Crippen molar-refractivity contribution in [1.29, 1.82) is 0 Å². The first kappa shape index (κ1) is 25.2. The minimum absolute atomic E-state index is 0.0671. The third-order valence-electron chi connectivity index (χ3n) is 8.48. The minimum Gasteiger partial charge on any atom is -0.410 e. The first-order chi connectivity index (χ1) is 15.2. The molecule has 1 aromatic carbocycles. The molecule has 8 heteroatoms. The van der Waals surface area contributed by atoms with Gasteiger partial charge in [-0.2, -0.15) is 13.2 Å². The van der Waals surface area contributed by atoms with E-state index >= 15 is 0 Å². The topological polar surface area (TPSA) is 47.9 Å². The SMILES string of the molecule is CC(C)(C)[Si](C)(C)OC(CCC1CC2C(CC23OCCO3)C1O)c1cccc(C(F)(F)F)c1. The summed E-state index contributed by atoms with van der Waals surface area (Å²) in [5.41, 5.74) is -0.0933. The molecule has 33 heavy (non-hydrogen) atoms. The van der Waals surface area contributed by atoms with Crippen LogP contribution in [-0.4, -0.2) is 38.5 Å². The van der Waals surface area contributed by atoms with Crippen LogP contribution in [0.15, 0.2) is 24.3 Å². The van der Waals surface area contributed by atoms with Crippen molar-refractivity contribution in [2.45, 2.75) is 88.8 Å². The predicted molar refractivity (Wildman–Crippen MR) is 122 cm³/mol. The monoisotopic (exact) mass is 486 g/mol. The number of hydrogen-bond acceptors (Lipinski definition) is 4. The van der Waals surface area contributed by atoms with Gasteiger partial charge in [0.05, 0.1) is 31.0 Å². The van der Waals surface area contributed by atoms with E-state index < -0.39 is 38.1 Å². The Morgan fingerprint density at radius 1 is 1.18 bits per heavy atom. The van der Waals surface area contributed by atoms with E-state index in [0.29, 0.717) is 31.6 Å². The fourth-order valence-electron chi connectivity index (χ4n) is 5.51. The maximum Gasteiger partial charge on any atom is 0.416 e. The van der Waals surface area contributed by atoms with E-state index in [9.17, 15) is 18.3 Å². The number of ether oxygens (including phenoxy) is 2. The number of alkyl halides is 3. The van der Waals surface area contributed by atoms with Gasteiger partial charge in [-0.1, -0.05) is 32.9 Å². The van der Waals surface area contributed by atoms with E-state index in [1.807, 2.05) is 0 Å². The van der Waals surface area contributed by atoms with Crippen molar-refractivity contribution in [3.8, 4) is 0 Å². The highest BCUT2D eigenvalue weighted by atomic mass is 28.4. The molecule has 4 nitrogen and oxygen atoms in total. The molecule has 0 bridgehead atoms. The van der Waals surface area contributed by atoms with Crippen LogP contribution in [0.5, 0.6) is 0 Å². The summed E-state index contributed by atoms with van der Waals surface area (Å²) >= 11 is 0. The number of aliphatic hydroxyl groups excluding tert-OH is 1. The summed E-state index contributed by atoms with van der Waals surface area (Å²) in [6.07, 6.45) is -2.44. The Labute approximate surface area is 195 Å². The third kappa shape index (κ3) is 4.78. The van der Waals surface area contributed by atoms with Crippen LogP contribution >= 0.6 is 0 Å². The zero-order valence-electron chi connectivity index (χ0n) is 20.2. The van der Waals surface area contributed by atoms with Crippen molar-refractivity contribution in [2.75, 3.05) is 13.2 Å². The standard InChI is InChI=1S/C25H37F3O4Si/c1-23(2,3)33(4,5)32-21(16-7-6-8-18(13-16)25(26,27)28)10-9-17-14-20-19(22(17)29)15-24(20)30-11-12-31-24/h6-8,13,17,19-22,29H,9-12,14-15H2,1-5H3. The van der Waals surface area contributed by atoms with E-state index in [1.165, 1.54) is 12.1 Å². The van der Waals surface area contributed by atoms with Crippen molar-refractivity contribution in [2.24, 2.45) is 17.8 Å². The molecule has 5 unspecified atom stereocenters. The van der Waals surface area contributed by atoms with Crippen LogP contribution in [0.3, 0.4) is 0 Å². The molecular formula is C25H37F3O4Si. The molecule has 4 rings (SSSR count). The molecule has 186 valence electrons. The molecular weight excluding hydrogens is 449 g/mol. The average molecular weight is 487 g/mol. The molecule has 0 amide bonds. The van der Waals surface area contributed by atoms with Gasteiger partial charge in [-0.3, -0.25) is 0 Å². The van der Waals surface area contributed by atoms with Crippen LogP contribution in [0.2, 0.25) is 18.1 Å². The molecule has 2 saturated carbocycles. The zero-order chi connectivity index (χ0) is 24.2. The van der Waals surface area contributed by atoms with E-state index in [4.69, 9.17) is 13.9 Å². The largest absolute Gasteiger partial charge is 0.416 e. The molecule has 1 aromatic rings. The highest BCUT2D eigenvalue weighted by Gasteiger charge is 2.64. The van der Waals surface area contributed by atoms with Crippen LogP contribution in [-0.2, 0) is 20.1 Å². The molecule has 3 fully saturated rings. The van der Waals surface area contributed by atoms with Gasteiger partial charge in [0.2, 0.25) is 0 Å². The summed E-state index contributed by atoms with van der Waals surface area (Å²) < 4.78 is 58.6. The second kappa shape index (κ2) is 8.62. The molecule has 0 radical (unpaired) electrons. The lowest BCUT2D eigenvalue weighted by Crippen LogP contribution is -2.54. The van der Waals surface area contributed by atoms with Gasteiger partial charge in [-0.05, 0) is 66.9 Å². The Morgan fingerprint density at radius 3 is 2.45 bits per heavy atom. The number of aliphatic hydroxyl groups is 1. The highest BCUT2D eigenvalue weighted by Crippen LogP contribution is 2.60. The van der Waals surface area contributed by atoms with Gasteiger partial charge >= 0.3 is 6.18 Å². The number of benzene rings is 1. The lowest BCUT2D eigenvalue weighted by Gasteiger charge is -2.48. The fraction of sp³-hybridized carbons (Fsp3) is 0.760. The van der Waals surface area contributed by atoms with E-state index in [-0.39, 0.29) is 22.8 Å². The molecule has 1 spiro atoms. The summed E-state index contributed by atoms with van der Waals surface area (Å²) in [7, 11) is -2.23.